The smallest absolute Gasteiger partial charge is 0.335 e. The summed E-state index contributed by atoms with van der Waals surface area (Å²) in [5.74, 6) is 0.143. The zero-order valence-electron chi connectivity index (χ0n) is 15.0. The van der Waals surface area contributed by atoms with Gasteiger partial charge in [0.2, 0.25) is 5.88 Å². The summed E-state index contributed by atoms with van der Waals surface area (Å²) in [6.07, 6.45) is 0. The van der Waals surface area contributed by atoms with Crippen LogP contribution in [0.1, 0.15) is 34.1 Å². The molecule has 3 rings (SSSR count). The highest BCUT2D eigenvalue weighted by Gasteiger charge is 2.16. The number of aromatic nitrogens is 2. The topological polar surface area (TPSA) is 96.8 Å². The molecular weight excluding hydrogens is 346 g/mol. The van der Waals surface area contributed by atoms with Crippen molar-refractivity contribution < 1.29 is 19.5 Å². The molecule has 2 N–H and O–H groups in total. The Kier molecular flexibility index (Phi) is 5.51. The van der Waals surface area contributed by atoms with E-state index in [1.165, 1.54) is 12.1 Å². The van der Waals surface area contributed by atoms with Crippen molar-refractivity contribution in [3.63, 3.8) is 0 Å². The Morgan fingerprint density at radius 2 is 1.85 bits per heavy atom. The second-order valence-corrected chi connectivity index (χ2v) is 5.90. The summed E-state index contributed by atoms with van der Waals surface area (Å²) >= 11 is 0. The molecule has 0 saturated carbocycles. The van der Waals surface area contributed by atoms with Gasteiger partial charge >= 0.3 is 5.97 Å². The number of para-hydroxylation sites is 1. The maximum Gasteiger partial charge on any atom is 0.335 e. The van der Waals surface area contributed by atoms with E-state index in [0.29, 0.717) is 17.3 Å². The molecule has 0 fully saturated rings. The van der Waals surface area contributed by atoms with Gasteiger partial charge in [-0.15, -0.1) is 5.10 Å². The molecule has 7 heteroatoms. The SMILES string of the molecule is C/C(=N\OCc1ccc(C(=O)O)cc1)c1c(Oc2ccccc2)n[nH]c1C. The number of benzene rings is 2. The van der Waals surface area contributed by atoms with Crippen LogP contribution in [0.2, 0.25) is 0 Å². The molecule has 1 aromatic heterocycles. The highest BCUT2D eigenvalue weighted by Crippen LogP contribution is 2.25. The lowest BCUT2D eigenvalue weighted by Crippen LogP contribution is -2.01. The Balaban J connectivity index is 1.69. The van der Waals surface area contributed by atoms with Gasteiger partial charge in [0.1, 0.15) is 12.4 Å². The van der Waals surface area contributed by atoms with Gasteiger partial charge in [-0.25, -0.2) is 4.79 Å². The predicted octanol–water partition coefficient (Wildman–Crippen LogP) is 4.15. The van der Waals surface area contributed by atoms with E-state index in [0.717, 1.165) is 16.8 Å². The minimum absolute atomic E-state index is 0.225. The number of carboxylic acid groups (broad SMARTS) is 1. The molecule has 0 aliphatic carbocycles. The fourth-order valence-corrected chi connectivity index (χ4v) is 2.50. The Hall–Kier alpha value is -3.61. The zero-order valence-corrected chi connectivity index (χ0v) is 15.0. The van der Waals surface area contributed by atoms with E-state index >= 15 is 0 Å². The molecule has 138 valence electrons. The van der Waals surface area contributed by atoms with Crippen molar-refractivity contribution in [3.8, 4) is 11.6 Å². The molecule has 0 amide bonds. The molecule has 0 unspecified atom stereocenters. The van der Waals surface area contributed by atoms with Crippen LogP contribution in [0.5, 0.6) is 11.6 Å². The Morgan fingerprint density at radius 3 is 2.52 bits per heavy atom. The monoisotopic (exact) mass is 365 g/mol. The number of carboxylic acids is 1. The summed E-state index contributed by atoms with van der Waals surface area (Å²) in [4.78, 5) is 16.3. The van der Waals surface area contributed by atoms with Crippen LogP contribution in [0.25, 0.3) is 0 Å². The van der Waals surface area contributed by atoms with Crippen LogP contribution in [-0.4, -0.2) is 27.0 Å². The number of aromatic amines is 1. The van der Waals surface area contributed by atoms with E-state index < -0.39 is 5.97 Å². The third-order valence-electron chi connectivity index (χ3n) is 3.87. The third-order valence-corrected chi connectivity index (χ3v) is 3.87. The van der Waals surface area contributed by atoms with Crippen LogP contribution >= 0.6 is 0 Å². The lowest BCUT2D eigenvalue weighted by Gasteiger charge is -2.06. The Morgan fingerprint density at radius 1 is 1.15 bits per heavy atom. The molecule has 0 atom stereocenters. The molecule has 0 aliphatic heterocycles. The molecule has 0 spiro atoms. The average Bonchev–Trinajstić information content (AvgIpc) is 3.03. The number of carbonyl (C=O) groups is 1. The number of aromatic carboxylic acids is 1. The van der Waals surface area contributed by atoms with Gasteiger partial charge in [0.15, 0.2) is 0 Å². The summed E-state index contributed by atoms with van der Waals surface area (Å²) in [6, 6.07) is 15.8. The quantitative estimate of drug-likeness (QED) is 0.484. The molecule has 2 aromatic carbocycles. The van der Waals surface area contributed by atoms with Gasteiger partial charge < -0.3 is 14.7 Å². The zero-order chi connectivity index (χ0) is 19.2. The van der Waals surface area contributed by atoms with Crippen LogP contribution in [0.3, 0.4) is 0 Å². The maximum absolute atomic E-state index is 10.9. The van der Waals surface area contributed by atoms with E-state index in [4.69, 9.17) is 14.7 Å². The summed E-state index contributed by atoms with van der Waals surface area (Å²) in [6.45, 7) is 3.91. The van der Waals surface area contributed by atoms with Crippen LogP contribution in [0, 0.1) is 6.92 Å². The number of H-pyrrole nitrogens is 1. The van der Waals surface area contributed by atoms with E-state index in [1.54, 1.807) is 12.1 Å². The number of oxime groups is 1. The third kappa shape index (κ3) is 4.52. The number of hydrogen-bond donors (Lipinski definition) is 2. The predicted molar refractivity (Wildman–Crippen MR) is 100 cm³/mol. The summed E-state index contributed by atoms with van der Waals surface area (Å²) < 4.78 is 5.82. The van der Waals surface area contributed by atoms with Crippen molar-refractivity contribution in [2.75, 3.05) is 0 Å². The first-order chi connectivity index (χ1) is 13.0. The number of nitrogens with one attached hydrogen (secondary N) is 1. The number of aryl methyl sites for hydroxylation is 1. The number of rotatable bonds is 7. The average molecular weight is 365 g/mol. The van der Waals surface area contributed by atoms with Gasteiger partial charge in [-0.05, 0) is 43.7 Å². The van der Waals surface area contributed by atoms with Crippen molar-refractivity contribution in [2.45, 2.75) is 20.5 Å². The van der Waals surface area contributed by atoms with Crippen molar-refractivity contribution in [3.05, 3.63) is 77.0 Å². The van der Waals surface area contributed by atoms with Crippen molar-refractivity contribution in [1.82, 2.24) is 10.2 Å². The first kappa shape index (κ1) is 18.2. The summed E-state index contributed by atoms with van der Waals surface area (Å²) in [5.41, 5.74) is 3.22. The molecule has 1 heterocycles. The lowest BCUT2D eigenvalue weighted by atomic mass is 10.1. The minimum Gasteiger partial charge on any atom is -0.478 e. The number of nitrogens with zero attached hydrogens (tertiary/aromatic N) is 2. The van der Waals surface area contributed by atoms with E-state index in [-0.39, 0.29) is 12.2 Å². The molecule has 0 aliphatic rings. The standard InChI is InChI=1S/C20H19N3O4/c1-13-18(19(22-21-13)27-17-6-4-3-5-7-17)14(2)23-26-12-15-8-10-16(11-9-15)20(24)25/h3-11H,12H2,1-2H3,(H,21,22)(H,24,25)/b23-14+. The maximum atomic E-state index is 10.9. The first-order valence-corrected chi connectivity index (χ1v) is 8.31. The highest BCUT2D eigenvalue weighted by molar-refractivity contribution is 6.01. The lowest BCUT2D eigenvalue weighted by molar-refractivity contribution is 0.0696. The first-order valence-electron chi connectivity index (χ1n) is 8.31. The normalized spacial score (nSPS) is 11.3. The van der Waals surface area contributed by atoms with Gasteiger partial charge in [-0.3, -0.25) is 5.10 Å². The fourth-order valence-electron chi connectivity index (χ4n) is 2.50. The summed E-state index contributed by atoms with van der Waals surface area (Å²) in [5, 5.41) is 20.1. The molecule has 27 heavy (non-hydrogen) atoms. The van der Waals surface area contributed by atoms with Gasteiger partial charge in [0.05, 0.1) is 16.8 Å². The van der Waals surface area contributed by atoms with E-state index in [9.17, 15) is 4.79 Å². The van der Waals surface area contributed by atoms with Crippen LogP contribution < -0.4 is 4.74 Å². The van der Waals surface area contributed by atoms with Crippen molar-refractivity contribution in [1.29, 1.82) is 0 Å². The molecule has 0 saturated heterocycles. The molecule has 0 bridgehead atoms. The minimum atomic E-state index is -0.960. The van der Waals surface area contributed by atoms with Crippen LogP contribution in [0.15, 0.2) is 59.8 Å². The van der Waals surface area contributed by atoms with Crippen LogP contribution in [0.4, 0.5) is 0 Å². The van der Waals surface area contributed by atoms with Crippen molar-refractivity contribution >= 4 is 11.7 Å². The van der Waals surface area contributed by atoms with Crippen molar-refractivity contribution in [2.24, 2.45) is 5.16 Å². The largest absolute Gasteiger partial charge is 0.478 e. The Labute approximate surface area is 156 Å². The molecule has 0 radical (unpaired) electrons. The van der Waals surface area contributed by atoms with Gasteiger partial charge in [-0.2, -0.15) is 0 Å². The summed E-state index contributed by atoms with van der Waals surface area (Å²) in [7, 11) is 0. The molecule has 7 nitrogen and oxygen atoms in total. The van der Waals surface area contributed by atoms with Gasteiger partial charge in [0.25, 0.3) is 0 Å². The number of hydrogen-bond acceptors (Lipinski definition) is 5. The van der Waals surface area contributed by atoms with E-state index in [2.05, 4.69) is 15.4 Å². The van der Waals surface area contributed by atoms with Crippen LogP contribution in [-0.2, 0) is 11.4 Å². The number of ether oxygens (including phenoxy) is 1. The highest BCUT2D eigenvalue weighted by atomic mass is 16.6. The van der Waals surface area contributed by atoms with Gasteiger partial charge in [0, 0.05) is 5.69 Å². The molecular formula is C20H19N3O4. The van der Waals surface area contributed by atoms with Gasteiger partial charge in [-0.1, -0.05) is 35.5 Å². The second kappa shape index (κ2) is 8.18. The second-order valence-electron chi connectivity index (χ2n) is 5.90. The Bertz CT molecular complexity index is 947. The van der Waals surface area contributed by atoms with E-state index in [1.807, 2.05) is 44.2 Å². The molecule has 3 aromatic rings. The fraction of sp³-hybridized carbons (Fsp3) is 0.150.